The molecule has 1 aliphatic rings. The summed E-state index contributed by atoms with van der Waals surface area (Å²) < 4.78 is 1.95. The van der Waals surface area contributed by atoms with Crippen LogP contribution in [0.1, 0.15) is 25.3 Å². The molecule has 0 atom stereocenters. The number of hydrogen-bond donors (Lipinski definition) is 2. The van der Waals surface area contributed by atoms with Gasteiger partial charge in [-0.2, -0.15) is 5.10 Å². The molecule has 0 amide bonds. The molecule has 0 radical (unpaired) electrons. The molecule has 0 spiro atoms. The van der Waals surface area contributed by atoms with Crippen LogP contribution >= 0.6 is 24.0 Å². The molecule has 108 valence electrons. The van der Waals surface area contributed by atoms with Gasteiger partial charge in [0, 0.05) is 25.8 Å². The van der Waals surface area contributed by atoms with E-state index in [1.54, 1.807) is 0 Å². The highest BCUT2D eigenvalue weighted by Crippen LogP contribution is 2.28. The van der Waals surface area contributed by atoms with Crippen molar-refractivity contribution in [3.63, 3.8) is 0 Å². The number of halogens is 1. The topological polar surface area (TPSA) is 54.2 Å². The number of nitrogens with zero attached hydrogens (tertiary/aromatic N) is 3. The second-order valence-corrected chi connectivity index (χ2v) is 4.87. The summed E-state index contributed by atoms with van der Waals surface area (Å²) >= 11 is 0. The summed E-state index contributed by atoms with van der Waals surface area (Å²) in [6.07, 6.45) is 6.62. The largest absolute Gasteiger partial charge is 0.357 e. The van der Waals surface area contributed by atoms with Crippen LogP contribution in [0.3, 0.4) is 0 Å². The van der Waals surface area contributed by atoms with Crippen molar-refractivity contribution >= 4 is 29.9 Å². The smallest absolute Gasteiger partial charge is 0.191 e. The van der Waals surface area contributed by atoms with Crippen molar-refractivity contribution in [3.05, 3.63) is 18.0 Å². The van der Waals surface area contributed by atoms with Gasteiger partial charge in [0.2, 0.25) is 0 Å². The van der Waals surface area contributed by atoms with Crippen molar-refractivity contribution in [1.29, 1.82) is 0 Å². The first-order valence-electron chi connectivity index (χ1n) is 6.79. The Hall–Kier alpha value is -0.790. The van der Waals surface area contributed by atoms with Gasteiger partial charge in [-0.3, -0.25) is 9.67 Å². The van der Waals surface area contributed by atoms with Gasteiger partial charge in [-0.05, 0) is 38.2 Å². The molecule has 1 aliphatic carbocycles. The Bertz CT molecular complexity index is 397. The van der Waals surface area contributed by atoms with Crippen molar-refractivity contribution in [2.45, 2.75) is 33.2 Å². The summed E-state index contributed by atoms with van der Waals surface area (Å²) in [5.41, 5.74) is 1.20. The van der Waals surface area contributed by atoms with Crippen LogP contribution in [0, 0.1) is 12.8 Å². The average Bonchev–Trinajstić information content (AvgIpc) is 3.09. The fourth-order valence-corrected chi connectivity index (χ4v) is 1.74. The van der Waals surface area contributed by atoms with Crippen molar-refractivity contribution in [2.75, 3.05) is 19.6 Å². The quantitative estimate of drug-likeness (QED) is 0.452. The molecule has 0 bridgehead atoms. The molecule has 2 rings (SSSR count). The van der Waals surface area contributed by atoms with E-state index in [1.807, 2.05) is 10.9 Å². The zero-order chi connectivity index (χ0) is 12.8. The first-order valence-corrected chi connectivity index (χ1v) is 6.79. The lowest BCUT2D eigenvalue weighted by molar-refractivity contribution is 0.597. The predicted octanol–water partition coefficient (Wildman–Crippen LogP) is 1.77. The molecule has 0 unspecified atom stereocenters. The molecule has 1 aromatic heterocycles. The van der Waals surface area contributed by atoms with Crippen molar-refractivity contribution < 1.29 is 0 Å². The SMILES string of the molecule is CCNC(=NCC1CC1)NCCn1cc(C)cn1.I. The van der Waals surface area contributed by atoms with E-state index in [1.165, 1.54) is 18.4 Å². The second-order valence-electron chi connectivity index (χ2n) is 4.87. The van der Waals surface area contributed by atoms with E-state index in [0.717, 1.165) is 38.1 Å². The number of nitrogens with one attached hydrogen (secondary N) is 2. The van der Waals surface area contributed by atoms with Crippen LogP contribution < -0.4 is 10.6 Å². The molecule has 1 heterocycles. The summed E-state index contributed by atoms with van der Waals surface area (Å²) in [4.78, 5) is 4.58. The molecule has 2 N–H and O–H groups in total. The number of aliphatic imine (C=N–C) groups is 1. The third-order valence-electron chi connectivity index (χ3n) is 2.94. The van der Waals surface area contributed by atoms with Gasteiger partial charge in [-0.15, -0.1) is 24.0 Å². The minimum atomic E-state index is 0. The molecule has 0 aliphatic heterocycles. The Morgan fingerprint density at radius 1 is 1.47 bits per heavy atom. The van der Waals surface area contributed by atoms with Crippen LogP contribution in [0.25, 0.3) is 0 Å². The first-order chi connectivity index (χ1) is 8.78. The minimum Gasteiger partial charge on any atom is -0.357 e. The maximum absolute atomic E-state index is 4.58. The van der Waals surface area contributed by atoms with E-state index >= 15 is 0 Å². The standard InChI is InChI=1S/C13H23N5.HI/c1-3-14-13(16-9-12-4-5-12)15-6-7-18-10-11(2)8-17-18;/h8,10,12H,3-7,9H2,1-2H3,(H2,14,15,16);1H. The summed E-state index contributed by atoms with van der Waals surface area (Å²) in [6.45, 7) is 7.70. The zero-order valence-corrected chi connectivity index (χ0v) is 14.1. The monoisotopic (exact) mass is 377 g/mol. The average molecular weight is 377 g/mol. The van der Waals surface area contributed by atoms with Crippen LogP contribution in [-0.4, -0.2) is 35.4 Å². The molecule has 1 aromatic rings. The molecule has 5 nitrogen and oxygen atoms in total. The van der Waals surface area contributed by atoms with Crippen molar-refractivity contribution in [3.8, 4) is 0 Å². The highest BCUT2D eigenvalue weighted by Gasteiger charge is 2.20. The first kappa shape index (κ1) is 16.3. The number of guanidine groups is 1. The Morgan fingerprint density at radius 3 is 2.84 bits per heavy atom. The van der Waals surface area contributed by atoms with Gasteiger partial charge in [-0.1, -0.05) is 0 Å². The number of aromatic nitrogens is 2. The van der Waals surface area contributed by atoms with E-state index in [4.69, 9.17) is 0 Å². The highest BCUT2D eigenvalue weighted by molar-refractivity contribution is 14.0. The Morgan fingerprint density at radius 2 is 2.26 bits per heavy atom. The molecule has 1 fully saturated rings. The van der Waals surface area contributed by atoms with Gasteiger partial charge in [0.05, 0.1) is 12.7 Å². The van der Waals surface area contributed by atoms with E-state index in [2.05, 4.69) is 40.8 Å². The summed E-state index contributed by atoms with van der Waals surface area (Å²) in [7, 11) is 0. The number of hydrogen-bond acceptors (Lipinski definition) is 2. The lowest BCUT2D eigenvalue weighted by Gasteiger charge is -2.11. The van der Waals surface area contributed by atoms with Gasteiger partial charge in [0.1, 0.15) is 0 Å². The molecule has 0 aromatic carbocycles. The minimum absolute atomic E-state index is 0. The molecule has 6 heteroatoms. The van der Waals surface area contributed by atoms with Gasteiger partial charge in [0.25, 0.3) is 0 Å². The predicted molar refractivity (Wildman–Crippen MR) is 89.1 cm³/mol. The van der Waals surface area contributed by atoms with Crippen LogP contribution in [0.4, 0.5) is 0 Å². The van der Waals surface area contributed by atoms with Gasteiger partial charge >= 0.3 is 0 Å². The van der Waals surface area contributed by atoms with E-state index < -0.39 is 0 Å². The summed E-state index contributed by atoms with van der Waals surface area (Å²) in [5, 5.41) is 10.9. The van der Waals surface area contributed by atoms with Crippen molar-refractivity contribution in [1.82, 2.24) is 20.4 Å². The molecular weight excluding hydrogens is 353 g/mol. The number of rotatable bonds is 6. The highest BCUT2D eigenvalue weighted by atomic mass is 127. The van der Waals surface area contributed by atoms with Crippen LogP contribution in [0.5, 0.6) is 0 Å². The van der Waals surface area contributed by atoms with E-state index in [-0.39, 0.29) is 24.0 Å². The summed E-state index contributed by atoms with van der Waals surface area (Å²) in [5.74, 6) is 1.75. The zero-order valence-electron chi connectivity index (χ0n) is 11.7. The van der Waals surface area contributed by atoms with Crippen LogP contribution in [0.2, 0.25) is 0 Å². The van der Waals surface area contributed by atoms with Crippen LogP contribution in [-0.2, 0) is 6.54 Å². The summed E-state index contributed by atoms with van der Waals surface area (Å²) in [6, 6.07) is 0. The third-order valence-corrected chi connectivity index (χ3v) is 2.94. The van der Waals surface area contributed by atoms with E-state index in [9.17, 15) is 0 Å². The maximum Gasteiger partial charge on any atom is 0.191 e. The Balaban J connectivity index is 0.00000180. The Kier molecular flexibility index (Phi) is 7.19. The fraction of sp³-hybridized carbons (Fsp3) is 0.692. The van der Waals surface area contributed by atoms with Crippen LogP contribution in [0.15, 0.2) is 17.4 Å². The maximum atomic E-state index is 4.58. The van der Waals surface area contributed by atoms with Gasteiger partial charge in [0.15, 0.2) is 5.96 Å². The van der Waals surface area contributed by atoms with E-state index in [0.29, 0.717) is 0 Å². The van der Waals surface area contributed by atoms with Gasteiger partial charge < -0.3 is 10.6 Å². The Labute approximate surface area is 132 Å². The molecular formula is C13H24IN5. The second kappa shape index (κ2) is 8.39. The van der Waals surface area contributed by atoms with Crippen molar-refractivity contribution in [2.24, 2.45) is 10.9 Å². The normalized spacial score (nSPS) is 14.9. The molecule has 1 saturated carbocycles. The fourth-order valence-electron chi connectivity index (χ4n) is 1.74. The lowest BCUT2D eigenvalue weighted by atomic mass is 10.4. The van der Waals surface area contributed by atoms with Gasteiger partial charge in [-0.25, -0.2) is 0 Å². The number of aryl methyl sites for hydroxylation is 1. The lowest BCUT2D eigenvalue weighted by Crippen LogP contribution is -2.39. The molecule has 19 heavy (non-hydrogen) atoms. The molecule has 0 saturated heterocycles. The third kappa shape index (κ3) is 6.26.